The highest BCUT2D eigenvalue weighted by Crippen LogP contribution is 2.34. The van der Waals surface area contributed by atoms with Gasteiger partial charge in [-0.1, -0.05) is 114 Å². The number of hydrogen-bond donors (Lipinski definition) is 8. The highest BCUT2D eigenvalue weighted by molar-refractivity contribution is 5.98. The van der Waals surface area contributed by atoms with Crippen LogP contribution in [0.2, 0.25) is 0 Å². The number of nitrogens with zero attached hydrogens (tertiary/aromatic N) is 2. The molecule has 0 saturated carbocycles. The molecular weight excluding hydrogens is 1040 g/mol. The van der Waals surface area contributed by atoms with Crippen molar-refractivity contribution in [3.8, 4) is 11.1 Å². The lowest BCUT2D eigenvalue weighted by Crippen LogP contribution is -2.59. The van der Waals surface area contributed by atoms with E-state index in [-0.39, 0.29) is 73.5 Å². The predicted molar refractivity (Wildman–Crippen MR) is 315 cm³/mol. The minimum absolute atomic E-state index is 0.0583. The topological polar surface area (TPSA) is 239 Å². The molecule has 8 amide bonds. The minimum Gasteiger partial charge on any atom is -0.347 e. The molecule has 2 aliphatic heterocycles. The number of likely N-dealkylation sites (N-methyl/N-ethyl adjacent to an activating group) is 2. The Morgan fingerprint density at radius 2 is 0.841 bits per heavy atom. The Morgan fingerprint density at radius 1 is 0.488 bits per heavy atom. The van der Waals surface area contributed by atoms with Gasteiger partial charge in [0.25, 0.3) is 11.8 Å². The fraction of sp³-hybridized carbons (Fsp3) is 0.500. The second kappa shape index (κ2) is 25.8. The fourth-order valence-corrected chi connectivity index (χ4v) is 11.8. The van der Waals surface area contributed by atoms with Crippen molar-refractivity contribution in [1.29, 1.82) is 0 Å². The van der Waals surface area contributed by atoms with E-state index < -0.39 is 71.0 Å². The number of fused-ring (bicyclic) bond motifs is 2. The average molecular weight is 1120 g/mol. The summed E-state index contributed by atoms with van der Waals surface area (Å²) in [5.41, 5.74) is 5.37. The zero-order valence-electron chi connectivity index (χ0n) is 49.2. The van der Waals surface area contributed by atoms with Crippen LogP contribution in [0.4, 0.5) is 0 Å². The highest BCUT2D eigenvalue weighted by Gasteiger charge is 2.48. The van der Waals surface area contributed by atoms with Gasteiger partial charge in [-0.15, -0.1) is 0 Å². The van der Waals surface area contributed by atoms with Gasteiger partial charge in [0.15, 0.2) is 0 Å². The molecule has 4 aromatic rings. The number of benzene rings is 4. The third-order valence-electron chi connectivity index (χ3n) is 16.9. The number of aryl methyl sites for hydroxylation is 2. The van der Waals surface area contributed by atoms with Gasteiger partial charge in [-0.3, -0.25) is 38.4 Å². The molecule has 4 aromatic carbocycles. The molecular formula is C64H84N10O8. The van der Waals surface area contributed by atoms with E-state index in [1.165, 1.54) is 20.9 Å². The van der Waals surface area contributed by atoms with Crippen LogP contribution in [0.25, 0.3) is 11.1 Å². The maximum atomic E-state index is 14.6. The largest absolute Gasteiger partial charge is 0.347 e. The van der Waals surface area contributed by atoms with E-state index in [4.69, 9.17) is 0 Å². The number of likely N-dealkylation sites (tertiary alicyclic amines) is 2. The molecule has 2 heterocycles. The van der Waals surface area contributed by atoms with Gasteiger partial charge in [-0.05, 0) is 148 Å². The van der Waals surface area contributed by atoms with Crippen LogP contribution in [0.5, 0.6) is 0 Å². The van der Waals surface area contributed by atoms with Gasteiger partial charge in [0, 0.05) is 36.3 Å². The van der Waals surface area contributed by atoms with Crippen molar-refractivity contribution >= 4 is 47.3 Å². The van der Waals surface area contributed by atoms with Crippen molar-refractivity contribution in [2.75, 3.05) is 27.2 Å². The maximum absolute atomic E-state index is 14.6. The Balaban J connectivity index is 0.937. The van der Waals surface area contributed by atoms with Crippen LogP contribution in [-0.2, 0) is 41.6 Å². The van der Waals surface area contributed by atoms with Crippen molar-refractivity contribution in [2.45, 2.75) is 167 Å². The summed E-state index contributed by atoms with van der Waals surface area (Å²) < 4.78 is 0. The SMILES string of the molecule is CN[C@@H](C)C(=O)N[C@H](C(=O)N1C[C@@H](NC(=O)c2ccc(-c3ccc(C(=O)N[C@H]4C[C@@H](C(=O)N[C@@H]5CCCc6ccccc65)N(C(=O)[C@@H](NC(=O)[C@H](C)NC)C(C)(C)C)C4)cc3)cc2)C[C@H]1C(=O)NC1CCCc2ccccc21)C(C)(C)C. The average Bonchev–Trinajstić information content (AvgIpc) is 4.28. The zero-order chi connectivity index (χ0) is 59.2. The molecule has 8 N–H and O–H groups in total. The summed E-state index contributed by atoms with van der Waals surface area (Å²) >= 11 is 0. The molecule has 1 unspecified atom stereocenters. The molecule has 82 heavy (non-hydrogen) atoms. The number of amides is 8. The molecule has 10 atom stereocenters. The summed E-state index contributed by atoms with van der Waals surface area (Å²) in [7, 11) is 3.33. The van der Waals surface area contributed by atoms with E-state index in [9.17, 15) is 38.4 Å². The molecule has 0 bridgehead atoms. The van der Waals surface area contributed by atoms with Crippen LogP contribution in [-0.4, -0.2) is 133 Å². The Morgan fingerprint density at radius 3 is 1.18 bits per heavy atom. The number of carbonyl (C=O) groups excluding carboxylic acids is 8. The minimum atomic E-state index is -0.956. The van der Waals surface area contributed by atoms with Gasteiger partial charge < -0.3 is 52.3 Å². The van der Waals surface area contributed by atoms with Gasteiger partial charge >= 0.3 is 0 Å². The molecule has 438 valence electrons. The second-order valence-electron chi connectivity index (χ2n) is 24.9. The molecule has 18 nitrogen and oxygen atoms in total. The molecule has 18 heteroatoms. The van der Waals surface area contributed by atoms with Crippen molar-refractivity contribution < 1.29 is 38.4 Å². The summed E-state index contributed by atoms with van der Waals surface area (Å²) in [5, 5.41) is 24.4. The number of nitrogens with one attached hydrogen (secondary N) is 8. The lowest BCUT2D eigenvalue weighted by Gasteiger charge is -2.36. The van der Waals surface area contributed by atoms with Crippen LogP contribution >= 0.6 is 0 Å². The van der Waals surface area contributed by atoms with Gasteiger partial charge in [0.1, 0.15) is 24.2 Å². The summed E-state index contributed by atoms with van der Waals surface area (Å²) in [6.07, 6.45) is 5.51. The van der Waals surface area contributed by atoms with Gasteiger partial charge in [-0.2, -0.15) is 0 Å². The van der Waals surface area contributed by atoms with E-state index >= 15 is 0 Å². The first-order valence-electron chi connectivity index (χ1n) is 29.1. The molecule has 2 saturated heterocycles. The lowest BCUT2D eigenvalue weighted by atomic mass is 9.85. The third kappa shape index (κ3) is 14.1. The van der Waals surface area contributed by atoms with Crippen LogP contribution in [0.15, 0.2) is 97.1 Å². The summed E-state index contributed by atoms with van der Waals surface area (Å²) in [6, 6.07) is 23.7. The highest BCUT2D eigenvalue weighted by atomic mass is 16.2. The van der Waals surface area contributed by atoms with E-state index in [0.29, 0.717) is 11.1 Å². The van der Waals surface area contributed by atoms with Crippen LogP contribution in [0.3, 0.4) is 0 Å². The quantitative estimate of drug-likeness (QED) is 0.0669. The van der Waals surface area contributed by atoms with Crippen molar-refractivity contribution in [3.05, 3.63) is 130 Å². The predicted octanol–water partition coefficient (Wildman–Crippen LogP) is 5.42. The summed E-state index contributed by atoms with van der Waals surface area (Å²) in [5.74, 6) is -2.90. The van der Waals surface area contributed by atoms with E-state index in [2.05, 4.69) is 54.7 Å². The number of carbonyl (C=O) groups is 8. The standard InChI is InChI=1S/C64H84N10O8/c1-37(65-9)55(75)71-53(63(3,4)5)61(81)73-35-45(33-51(73)59(79)69-49-23-15-19-41-17-11-13-21-47(41)49)67-57(77)43-29-25-39(26-30-43)40-27-31-44(32-28-40)58(78)68-46-34-52(60(80)70-50-24-16-20-42-18-12-14-22-48(42)50)74(36-46)62(82)54(64(6,7)8)72-56(76)38(2)66-10/h11-14,17-18,21-22,25-32,37-38,45-46,49-54,65-66H,15-16,19-20,23-24,33-36H2,1-10H3,(H,67,77)(H,68,78)(H,69,79)(H,70,80)(H,71,75)(H,72,76)/t37-,38-,45-,46-,49+,50?,51-,52-,53+,54+/m0/s1. The van der Waals surface area contributed by atoms with Crippen LogP contribution in [0, 0.1) is 10.8 Å². The van der Waals surface area contributed by atoms with Crippen LogP contribution < -0.4 is 42.5 Å². The van der Waals surface area contributed by atoms with E-state index in [1.807, 2.05) is 102 Å². The Labute approximate surface area is 482 Å². The van der Waals surface area contributed by atoms with Crippen molar-refractivity contribution in [3.63, 3.8) is 0 Å². The second-order valence-corrected chi connectivity index (χ2v) is 24.9. The molecule has 0 radical (unpaired) electrons. The zero-order valence-corrected chi connectivity index (χ0v) is 49.2. The van der Waals surface area contributed by atoms with Crippen LogP contribution in [0.1, 0.15) is 149 Å². The third-order valence-corrected chi connectivity index (χ3v) is 16.9. The van der Waals surface area contributed by atoms with Gasteiger partial charge in [0.05, 0.1) is 24.2 Å². The molecule has 8 rings (SSSR count). The monoisotopic (exact) mass is 1120 g/mol. The lowest BCUT2D eigenvalue weighted by molar-refractivity contribution is -0.144. The Kier molecular flexibility index (Phi) is 19.1. The fourth-order valence-electron chi connectivity index (χ4n) is 11.8. The summed E-state index contributed by atoms with van der Waals surface area (Å²) in [6.45, 7) is 14.7. The van der Waals surface area contributed by atoms with Crippen molar-refractivity contribution in [1.82, 2.24) is 52.3 Å². The normalized spacial score (nSPS) is 22.0. The Hall–Kier alpha value is -7.44. The number of rotatable bonds is 17. The molecule has 2 aliphatic carbocycles. The molecule has 2 fully saturated rings. The van der Waals surface area contributed by atoms with Gasteiger partial charge in [0.2, 0.25) is 35.4 Å². The van der Waals surface area contributed by atoms with E-state index in [0.717, 1.165) is 60.8 Å². The van der Waals surface area contributed by atoms with Gasteiger partial charge in [-0.25, -0.2) is 0 Å². The molecule has 4 aliphatic rings. The first-order valence-corrected chi connectivity index (χ1v) is 29.1. The first-order chi connectivity index (χ1) is 38.9. The van der Waals surface area contributed by atoms with Crippen molar-refractivity contribution in [2.24, 2.45) is 10.8 Å². The summed E-state index contributed by atoms with van der Waals surface area (Å²) in [4.78, 5) is 115. The number of hydrogen-bond acceptors (Lipinski definition) is 10. The molecule has 0 aromatic heterocycles. The maximum Gasteiger partial charge on any atom is 0.251 e. The van der Waals surface area contributed by atoms with E-state index in [1.54, 1.807) is 52.2 Å². The first kappa shape index (κ1) is 60.7. The molecule has 0 spiro atoms. The smallest absolute Gasteiger partial charge is 0.251 e. The Bertz CT molecular complexity index is 2800.